The van der Waals surface area contributed by atoms with Gasteiger partial charge in [-0.3, -0.25) is 9.59 Å². The van der Waals surface area contributed by atoms with E-state index in [-0.39, 0.29) is 18.7 Å². The number of anilines is 1. The summed E-state index contributed by atoms with van der Waals surface area (Å²) in [5, 5.41) is 13.4. The van der Waals surface area contributed by atoms with Crippen molar-refractivity contribution in [2.45, 2.75) is 18.9 Å². The van der Waals surface area contributed by atoms with Crippen LogP contribution in [0.4, 0.5) is 5.69 Å². The molecule has 20 heavy (non-hydrogen) atoms. The van der Waals surface area contributed by atoms with Gasteiger partial charge in [-0.05, 0) is 29.3 Å². The average molecular weight is 272 g/mol. The maximum absolute atomic E-state index is 11.8. The Kier molecular flexibility index (Phi) is 4.32. The number of aliphatic carboxylic acids is 1. The molecule has 5 heteroatoms. The zero-order valence-electron chi connectivity index (χ0n) is 10.9. The Morgan fingerprint density at radius 3 is 2.55 bits per heavy atom. The van der Waals surface area contributed by atoms with Crippen LogP contribution in [0.25, 0.3) is 10.8 Å². The first-order valence-electron chi connectivity index (χ1n) is 6.33. The molecule has 0 aliphatic carbocycles. The fourth-order valence-corrected chi connectivity index (χ4v) is 1.91. The molecule has 1 unspecified atom stereocenters. The van der Waals surface area contributed by atoms with E-state index in [0.717, 1.165) is 10.8 Å². The number of carboxylic acids is 1. The molecule has 1 atom stereocenters. The van der Waals surface area contributed by atoms with E-state index in [4.69, 9.17) is 10.8 Å². The maximum atomic E-state index is 11.8. The molecule has 0 radical (unpaired) electrons. The SMILES string of the molecule is NC(CCC(=O)O)C(=O)Nc1ccc2ccccc2c1. The Morgan fingerprint density at radius 2 is 1.85 bits per heavy atom. The number of carboxylic acid groups (broad SMARTS) is 1. The van der Waals surface area contributed by atoms with Crippen LogP contribution >= 0.6 is 0 Å². The second-order valence-corrected chi connectivity index (χ2v) is 4.59. The summed E-state index contributed by atoms with van der Waals surface area (Å²) in [7, 11) is 0. The lowest BCUT2D eigenvalue weighted by Crippen LogP contribution is -2.36. The molecule has 0 spiro atoms. The van der Waals surface area contributed by atoms with Crippen molar-refractivity contribution in [1.29, 1.82) is 0 Å². The first kappa shape index (κ1) is 14.0. The number of hydrogen-bond donors (Lipinski definition) is 3. The highest BCUT2D eigenvalue weighted by Gasteiger charge is 2.15. The number of amides is 1. The molecule has 0 aromatic heterocycles. The molecule has 0 fully saturated rings. The van der Waals surface area contributed by atoms with Crippen LogP contribution in [0.3, 0.4) is 0 Å². The third-order valence-corrected chi connectivity index (χ3v) is 3.02. The van der Waals surface area contributed by atoms with Crippen LogP contribution in [-0.2, 0) is 9.59 Å². The van der Waals surface area contributed by atoms with Gasteiger partial charge in [0, 0.05) is 12.1 Å². The van der Waals surface area contributed by atoms with Crippen molar-refractivity contribution < 1.29 is 14.7 Å². The van der Waals surface area contributed by atoms with Crippen LogP contribution in [0.2, 0.25) is 0 Å². The Bertz CT molecular complexity index is 640. The Morgan fingerprint density at radius 1 is 1.15 bits per heavy atom. The van der Waals surface area contributed by atoms with Crippen molar-refractivity contribution in [1.82, 2.24) is 0 Å². The molecule has 2 aromatic rings. The number of nitrogens with two attached hydrogens (primary N) is 1. The predicted molar refractivity (Wildman–Crippen MR) is 77.4 cm³/mol. The zero-order valence-corrected chi connectivity index (χ0v) is 10.9. The van der Waals surface area contributed by atoms with E-state index in [1.165, 1.54) is 0 Å². The van der Waals surface area contributed by atoms with Crippen LogP contribution in [0.5, 0.6) is 0 Å². The van der Waals surface area contributed by atoms with Gasteiger partial charge in [0.25, 0.3) is 0 Å². The monoisotopic (exact) mass is 272 g/mol. The molecule has 0 heterocycles. The van der Waals surface area contributed by atoms with E-state index in [9.17, 15) is 9.59 Å². The molecule has 104 valence electrons. The normalized spacial score (nSPS) is 12.1. The van der Waals surface area contributed by atoms with Gasteiger partial charge in [0.15, 0.2) is 0 Å². The van der Waals surface area contributed by atoms with Gasteiger partial charge < -0.3 is 16.2 Å². The molecule has 2 aromatic carbocycles. The summed E-state index contributed by atoms with van der Waals surface area (Å²) in [6.07, 6.45) is 0.00105. The largest absolute Gasteiger partial charge is 0.481 e. The Balaban J connectivity index is 2.03. The van der Waals surface area contributed by atoms with Crippen molar-refractivity contribution in [3.63, 3.8) is 0 Å². The van der Waals surface area contributed by atoms with Crippen molar-refractivity contribution >= 4 is 28.3 Å². The van der Waals surface area contributed by atoms with Crippen molar-refractivity contribution in [3.8, 4) is 0 Å². The molecule has 0 bridgehead atoms. The van der Waals surface area contributed by atoms with Gasteiger partial charge in [-0.1, -0.05) is 30.3 Å². The lowest BCUT2D eigenvalue weighted by Gasteiger charge is -2.11. The highest BCUT2D eigenvalue weighted by atomic mass is 16.4. The smallest absolute Gasteiger partial charge is 0.303 e. The summed E-state index contributed by atoms with van der Waals surface area (Å²) < 4.78 is 0. The highest BCUT2D eigenvalue weighted by Crippen LogP contribution is 2.19. The zero-order chi connectivity index (χ0) is 14.5. The quantitative estimate of drug-likeness (QED) is 0.775. The van der Waals surface area contributed by atoms with E-state index >= 15 is 0 Å². The highest BCUT2D eigenvalue weighted by molar-refractivity contribution is 5.97. The number of fused-ring (bicyclic) bond motifs is 1. The fourth-order valence-electron chi connectivity index (χ4n) is 1.91. The number of carbonyl (C=O) groups is 2. The third-order valence-electron chi connectivity index (χ3n) is 3.02. The summed E-state index contributed by atoms with van der Waals surface area (Å²) in [6, 6.07) is 12.6. The first-order valence-corrected chi connectivity index (χ1v) is 6.33. The summed E-state index contributed by atoms with van der Waals surface area (Å²) in [5.41, 5.74) is 6.30. The summed E-state index contributed by atoms with van der Waals surface area (Å²) in [5.74, 6) is -1.33. The number of carbonyl (C=O) groups excluding carboxylic acids is 1. The van der Waals surface area contributed by atoms with E-state index in [2.05, 4.69) is 5.32 Å². The van der Waals surface area contributed by atoms with E-state index in [1.54, 1.807) is 6.07 Å². The van der Waals surface area contributed by atoms with Gasteiger partial charge in [0.1, 0.15) is 0 Å². The van der Waals surface area contributed by atoms with Crippen molar-refractivity contribution in [2.24, 2.45) is 5.73 Å². The molecule has 1 amide bonds. The molecule has 0 saturated heterocycles. The molecule has 0 aliphatic heterocycles. The van der Waals surface area contributed by atoms with Gasteiger partial charge in [0.2, 0.25) is 5.91 Å². The van der Waals surface area contributed by atoms with Gasteiger partial charge in [-0.2, -0.15) is 0 Å². The van der Waals surface area contributed by atoms with Gasteiger partial charge in [-0.25, -0.2) is 0 Å². The summed E-state index contributed by atoms with van der Waals surface area (Å²) >= 11 is 0. The van der Waals surface area contributed by atoms with Crippen molar-refractivity contribution in [3.05, 3.63) is 42.5 Å². The maximum Gasteiger partial charge on any atom is 0.303 e. The van der Waals surface area contributed by atoms with Crippen LogP contribution < -0.4 is 11.1 Å². The van der Waals surface area contributed by atoms with Crippen LogP contribution in [-0.4, -0.2) is 23.0 Å². The molecule has 5 nitrogen and oxygen atoms in total. The minimum absolute atomic E-state index is 0.119. The lowest BCUT2D eigenvalue weighted by molar-refractivity contribution is -0.137. The second-order valence-electron chi connectivity index (χ2n) is 4.59. The van der Waals surface area contributed by atoms with Gasteiger partial charge in [-0.15, -0.1) is 0 Å². The van der Waals surface area contributed by atoms with Crippen molar-refractivity contribution in [2.75, 3.05) is 5.32 Å². The minimum Gasteiger partial charge on any atom is -0.481 e. The molecular weight excluding hydrogens is 256 g/mol. The molecule has 2 rings (SSSR count). The predicted octanol–water partition coefficient (Wildman–Crippen LogP) is 1.97. The van der Waals surface area contributed by atoms with E-state index in [1.807, 2.05) is 36.4 Å². The standard InChI is InChI=1S/C15H16N2O3/c16-13(7-8-14(18)19)15(20)17-12-6-5-10-3-1-2-4-11(10)9-12/h1-6,9,13H,7-8,16H2,(H,17,20)(H,18,19). The molecule has 0 aliphatic rings. The lowest BCUT2D eigenvalue weighted by atomic mass is 10.1. The van der Waals surface area contributed by atoms with E-state index < -0.39 is 12.0 Å². The van der Waals surface area contributed by atoms with Crippen LogP contribution in [0.1, 0.15) is 12.8 Å². The van der Waals surface area contributed by atoms with Crippen LogP contribution in [0, 0.1) is 0 Å². The van der Waals surface area contributed by atoms with Gasteiger partial charge in [0.05, 0.1) is 6.04 Å². The molecule has 0 saturated carbocycles. The fraction of sp³-hybridized carbons (Fsp3) is 0.200. The summed E-state index contributed by atoms with van der Waals surface area (Å²) in [6.45, 7) is 0. The van der Waals surface area contributed by atoms with Crippen LogP contribution in [0.15, 0.2) is 42.5 Å². The third kappa shape index (κ3) is 3.55. The summed E-state index contributed by atoms with van der Waals surface area (Å²) in [4.78, 5) is 22.3. The van der Waals surface area contributed by atoms with E-state index in [0.29, 0.717) is 5.69 Å². The average Bonchev–Trinajstić information content (AvgIpc) is 2.44. The Hall–Kier alpha value is -2.40. The number of hydrogen-bond acceptors (Lipinski definition) is 3. The molecule has 4 N–H and O–H groups in total. The first-order chi connectivity index (χ1) is 9.56. The Labute approximate surface area is 116 Å². The molecular formula is C15H16N2O3. The topological polar surface area (TPSA) is 92.4 Å². The van der Waals surface area contributed by atoms with Gasteiger partial charge >= 0.3 is 5.97 Å². The minimum atomic E-state index is -0.959. The number of rotatable bonds is 5. The second kappa shape index (κ2) is 6.16. The number of nitrogens with one attached hydrogen (secondary N) is 1. The number of benzene rings is 2.